The van der Waals surface area contributed by atoms with Crippen LogP contribution in [0.3, 0.4) is 0 Å². The fourth-order valence-electron chi connectivity index (χ4n) is 1.71. The number of amidine groups is 1. The van der Waals surface area contributed by atoms with Crippen molar-refractivity contribution in [2.24, 2.45) is 4.99 Å². The highest BCUT2D eigenvalue weighted by molar-refractivity contribution is 6.01. The number of benzene rings is 1. The number of nitrogen functional groups attached to an aromatic ring is 1. The van der Waals surface area contributed by atoms with Crippen LogP contribution < -0.4 is 11.2 Å². The lowest BCUT2D eigenvalue weighted by atomic mass is 10.1. The van der Waals surface area contributed by atoms with E-state index in [2.05, 4.69) is 24.9 Å². The number of nitrogens with one attached hydrogen (secondary N) is 1. The molecule has 0 spiro atoms. The third kappa shape index (κ3) is 2.58. The summed E-state index contributed by atoms with van der Waals surface area (Å²) in [5.41, 5.74) is 8.92. The van der Waals surface area contributed by atoms with Gasteiger partial charge in [-0.25, -0.2) is 14.6 Å². The lowest BCUT2D eigenvalue weighted by Crippen LogP contribution is -2.21. The molecular formula is C12H10N6O3. The summed E-state index contributed by atoms with van der Waals surface area (Å²) in [6.07, 6.45) is 2.93. The number of rotatable bonds is 3. The number of aliphatic imine (C=N–C) groups is 1. The van der Waals surface area contributed by atoms with Gasteiger partial charge in [0.25, 0.3) is 0 Å². The third-order valence-electron chi connectivity index (χ3n) is 2.65. The van der Waals surface area contributed by atoms with Crippen molar-refractivity contribution in [3.05, 3.63) is 42.5 Å². The fourth-order valence-corrected chi connectivity index (χ4v) is 1.71. The van der Waals surface area contributed by atoms with Crippen molar-refractivity contribution < 1.29 is 14.3 Å². The molecule has 0 aliphatic rings. The second-order valence-corrected chi connectivity index (χ2v) is 3.99. The fraction of sp³-hybridized carbons (Fsp3) is 0. The van der Waals surface area contributed by atoms with Crippen molar-refractivity contribution in [1.29, 1.82) is 0 Å². The van der Waals surface area contributed by atoms with Gasteiger partial charge in [-0.2, -0.15) is 0 Å². The predicted octanol–water partition coefficient (Wildman–Crippen LogP) is 1.36. The zero-order valence-corrected chi connectivity index (χ0v) is 10.6. The van der Waals surface area contributed by atoms with Crippen LogP contribution in [-0.2, 0) is 0 Å². The van der Waals surface area contributed by atoms with Crippen LogP contribution in [0.2, 0.25) is 0 Å². The average molecular weight is 286 g/mol. The molecule has 0 aliphatic carbocycles. The Bertz CT molecular complexity index is 765. The molecule has 3 rings (SSSR count). The summed E-state index contributed by atoms with van der Waals surface area (Å²) in [5, 5.41) is 16.1. The summed E-state index contributed by atoms with van der Waals surface area (Å²) < 4.78 is 9.68. The van der Waals surface area contributed by atoms with E-state index in [1.165, 1.54) is 6.39 Å². The molecule has 1 aromatic carbocycles. The second-order valence-electron chi connectivity index (χ2n) is 3.99. The normalized spacial score (nSPS) is 11.6. The Morgan fingerprint density at radius 3 is 2.90 bits per heavy atom. The van der Waals surface area contributed by atoms with Crippen LogP contribution in [-0.4, -0.2) is 26.3 Å². The van der Waals surface area contributed by atoms with Crippen LogP contribution in [0.15, 0.2) is 50.9 Å². The Morgan fingerprint density at radius 1 is 1.33 bits per heavy atom. The van der Waals surface area contributed by atoms with Gasteiger partial charge in [-0.05, 0) is 22.4 Å². The minimum Gasteiger partial charge on any atom is -0.444 e. The molecule has 0 bridgehead atoms. The van der Waals surface area contributed by atoms with Crippen molar-refractivity contribution in [3.8, 4) is 11.3 Å². The van der Waals surface area contributed by atoms with Gasteiger partial charge in [-0.15, -0.1) is 0 Å². The van der Waals surface area contributed by atoms with Crippen LogP contribution >= 0.6 is 0 Å². The van der Waals surface area contributed by atoms with Crippen LogP contribution in [0, 0.1) is 0 Å². The van der Waals surface area contributed by atoms with E-state index in [0.717, 1.165) is 5.56 Å². The highest BCUT2D eigenvalue weighted by Gasteiger charge is 2.13. The van der Waals surface area contributed by atoms with E-state index >= 15 is 0 Å². The number of hydrogen-bond acceptors (Lipinski definition) is 8. The van der Waals surface area contributed by atoms with Crippen molar-refractivity contribution in [3.63, 3.8) is 0 Å². The zero-order chi connectivity index (χ0) is 14.7. The highest BCUT2D eigenvalue weighted by Crippen LogP contribution is 2.24. The molecule has 0 aliphatic heterocycles. The first-order valence-electron chi connectivity index (χ1n) is 5.84. The van der Waals surface area contributed by atoms with Crippen molar-refractivity contribution in [1.82, 2.24) is 20.8 Å². The van der Waals surface area contributed by atoms with E-state index in [9.17, 15) is 0 Å². The van der Waals surface area contributed by atoms with E-state index in [0.29, 0.717) is 11.4 Å². The smallest absolute Gasteiger partial charge is 0.199 e. The maximum absolute atomic E-state index is 9.16. The first kappa shape index (κ1) is 12.8. The van der Waals surface area contributed by atoms with Gasteiger partial charge in [0.1, 0.15) is 0 Å². The molecule has 0 saturated heterocycles. The Morgan fingerprint density at radius 2 is 2.24 bits per heavy atom. The molecule has 0 atom stereocenters. The molecule has 106 valence electrons. The Hall–Kier alpha value is -3.20. The summed E-state index contributed by atoms with van der Waals surface area (Å²) in [7, 11) is 0. The van der Waals surface area contributed by atoms with E-state index in [1.54, 1.807) is 24.4 Å². The molecule has 0 unspecified atom stereocenters. The molecular weight excluding hydrogens is 276 g/mol. The van der Waals surface area contributed by atoms with Gasteiger partial charge in [0.05, 0.1) is 11.9 Å². The molecule has 4 N–H and O–H groups in total. The van der Waals surface area contributed by atoms with Crippen LogP contribution in [0.5, 0.6) is 0 Å². The van der Waals surface area contributed by atoms with Gasteiger partial charge in [0.15, 0.2) is 29.5 Å². The highest BCUT2D eigenvalue weighted by atomic mass is 16.6. The Kier molecular flexibility index (Phi) is 3.31. The number of hydroxylamine groups is 1. The summed E-state index contributed by atoms with van der Waals surface area (Å²) in [6, 6.07) is 7.12. The van der Waals surface area contributed by atoms with Crippen LogP contribution in [0.4, 0.5) is 11.5 Å². The number of nitrogens with two attached hydrogens (primary N) is 1. The van der Waals surface area contributed by atoms with Crippen molar-refractivity contribution >= 4 is 17.3 Å². The molecule has 2 heterocycles. The van der Waals surface area contributed by atoms with E-state index < -0.39 is 0 Å². The van der Waals surface area contributed by atoms with Gasteiger partial charge in [0, 0.05) is 5.56 Å². The number of hydrogen-bond donors (Lipinski definition) is 3. The van der Waals surface area contributed by atoms with Crippen molar-refractivity contribution in [2.45, 2.75) is 0 Å². The molecule has 21 heavy (non-hydrogen) atoms. The molecule has 2 aromatic heterocycles. The number of anilines is 1. The van der Waals surface area contributed by atoms with E-state index in [4.69, 9.17) is 15.4 Å². The van der Waals surface area contributed by atoms with Gasteiger partial charge < -0.3 is 10.2 Å². The third-order valence-corrected chi connectivity index (χ3v) is 2.65. The van der Waals surface area contributed by atoms with Gasteiger partial charge in [-0.1, -0.05) is 12.1 Å². The lowest BCUT2D eigenvalue weighted by Gasteiger charge is -2.02. The topological polar surface area (TPSA) is 136 Å². The summed E-state index contributed by atoms with van der Waals surface area (Å²) in [4.78, 5) is 8.06. The van der Waals surface area contributed by atoms with E-state index in [-0.39, 0.29) is 17.3 Å². The second kappa shape index (κ2) is 5.43. The molecule has 0 saturated carbocycles. The molecule has 3 aromatic rings. The first-order chi connectivity index (χ1) is 10.3. The molecule has 9 nitrogen and oxygen atoms in total. The van der Waals surface area contributed by atoms with Crippen LogP contribution in [0.1, 0.15) is 5.69 Å². The molecule has 0 amide bonds. The number of oxazole rings is 1. The minimum absolute atomic E-state index is 0.0155. The minimum atomic E-state index is 0.0155. The predicted molar refractivity (Wildman–Crippen MR) is 71.8 cm³/mol. The lowest BCUT2D eigenvalue weighted by molar-refractivity contribution is 0.234. The average Bonchev–Trinajstić information content (AvgIpc) is 3.17. The standard InChI is InChI=1S/C12H10N6O3/c13-11-10(17-21-18-11)12(16-19)15-8-3-1-2-7(4-8)9-5-14-6-20-9/h1-6,19H,(H2,13,18)(H,15,16). The maximum atomic E-state index is 9.16. The SMILES string of the molecule is Nc1nonc1C(=Nc1cccc(-c2cnco2)c1)NO. The first-order valence-corrected chi connectivity index (χ1v) is 5.84. The monoisotopic (exact) mass is 286 g/mol. The van der Waals surface area contributed by atoms with Crippen LogP contribution in [0.25, 0.3) is 11.3 Å². The zero-order valence-electron chi connectivity index (χ0n) is 10.6. The Balaban J connectivity index is 1.98. The van der Waals surface area contributed by atoms with Gasteiger partial charge >= 0.3 is 0 Å². The van der Waals surface area contributed by atoms with E-state index in [1.807, 2.05) is 11.5 Å². The van der Waals surface area contributed by atoms with Gasteiger partial charge in [-0.3, -0.25) is 10.7 Å². The largest absolute Gasteiger partial charge is 0.444 e. The molecule has 0 fully saturated rings. The van der Waals surface area contributed by atoms with Crippen molar-refractivity contribution in [2.75, 3.05) is 5.73 Å². The Labute approximate surface area is 118 Å². The number of nitrogens with zero attached hydrogens (tertiary/aromatic N) is 4. The molecule has 0 radical (unpaired) electrons. The quantitative estimate of drug-likeness (QED) is 0.373. The maximum Gasteiger partial charge on any atom is 0.199 e. The van der Waals surface area contributed by atoms with Gasteiger partial charge in [0.2, 0.25) is 0 Å². The summed E-state index contributed by atoms with van der Waals surface area (Å²) in [6.45, 7) is 0. The summed E-state index contributed by atoms with van der Waals surface area (Å²) >= 11 is 0. The molecule has 9 heteroatoms. The summed E-state index contributed by atoms with van der Waals surface area (Å²) in [5.74, 6) is 0.637. The number of aromatic nitrogens is 3.